The number of anilines is 2. The van der Waals surface area contributed by atoms with E-state index < -0.39 is 18.2 Å². The number of nitrogens with two attached hydrogens (primary N) is 1. The smallest absolute Gasteiger partial charge is 0.356 e. The number of carbonyl (C=O) groups is 1. The third-order valence-corrected chi connectivity index (χ3v) is 7.06. The van der Waals surface area contributed by atoms with E-state index in [1.807, 2.05) is 36.9 Å². The van der Waals surface area contributed by atoms with E-state index in [2.05, 4.69) is 10.3 Å². The average Bonchev–Trinajstić information content (AvgIpc) is 3.30. The van der Waals surface area contributed by atoms with Crippen molar-refractivity contribution in [2.45, 2.75) is 46.1 Å². The number of benzene rings is 2. The zero-order valence-electron chi connectivity index (χ0n) is 21.1. The molecule has 1 aliphatic heterocycles. The van der Waals surface area contributed by atoms with Gasteiger partial charge >= 0.3 is 5.97 Å². The van der Waals surface area contributed by atoms with Crippen LogP contribution < -0.4 is 21.4 Å². The molecule has 2 unspecified atom stereocenters. The lowest BCUT2D eigenvalue weighted by Gasteiger charge is -2.22. The van der Waals surface area contributed by atoms with Crippen molar-refractivity contribution in [1.29, 1.82) is 0 Å². The lowest BCUT2D eigenvalue weighted by molar-refractivity contribution is 0.0691. The van der Waals surface area contributed by atoms with Crippen LogP contribution in [0.15, 0.2) is 51.7 Å². The fraction of sp³-hybridized carbons (Fsp3) is 0.250. The van der Waals surface area contributed by atoms with Gasteiger partial charge in [-0.3, -0.25) is 4.79 Å². The maximum Gasteiger partial charge on any atom is 0.356 e. The Kier molecular flexibility index (Phi) is 6.60. The minimum absolute atomic E-state index is 0.0763. The van der Waals surface area contributed by atoms with Crippen LogP contribution in [0.1, 0.15) is 63.1 Å². The first-order valence-electron chi connectivity index (χ1n) is 12.1. The van der Waals surface area contributed by atoms with Gasteiger partial charge in [0.05, 0.1) is 22.7 Å². The summed E-state index contributed by atoms with van der Waals surface area (Å²) in [6.07, 6.45) is -1.06. The van der Waals surface area contributed by atoms with Gasteiger partial charge in [0.15, 0.2) is 11.1 Å². The van der Waals surface area contributed by atoms with Crippen LogP contribution >= 0.6 is 11.6 Å². The number of carboxylic acids is 1. The van der Waals surface area contributed by atoms with E-state index in [0.29, 0.717) is 52.3 Å². The lowest BCUT2D eigenvalue weighted by atomic mass is 10.00. The van der Waals surface area contributed by atoms with Crippen LogP contribution in [0.5, 0.6) is 0 Å². The third kappa shape index (κ3) is 4.60. The summed E-state index contributed by atoms with van der Waals surface area (Å²) in [5.41, 5.74) is 10.8. The molecule has 5 N–H and O–H groups in total. The van der Waals surface area contributed by atoms with E-state index in [1.54, 1.807) is 25.1 Å². The van der Waals surface area contributed by atoms with Gasteiger partial charge in [-0.05, 0) is 67.3 Å². The number of aliphatic hydroxyl groups is 1. The Labute approximate surface area is 223 Å². The minimum atomic E-state index is -1.21. The number of nitrogens with one attached hydrogen (secondary N) is 1. The van der Waals surface area contributed by atoms with Crippen molar-refractivity contribution in [3.63, 3.8) is 0 Å². The van der Waals surface area contributed by atoms with Gasteiger partial charge in [0.25, 0.3) is 0 Å². The number of fused-ring (bicyclic) bond motifs is 2. The van der Waals surface area contributed by atoms with Crippen LogP contribution in [0.3, 0.4) is 0 Å². The van der Waals surface area contributed by atoms with Crippen molar-refractivity contribution in [3.05, 3.63) is 96.9 Å². The van der Waals surface area contributed by atoms with Crippen LogP contribution in [-0.2, 0) is 13.1 Å². The van der Waals surface area contributed by atoms with Gasteiger partial charge in [0.2, 0.25) is 5.88 Å². The highest BCUT2D eigenvalue weighted by Gasteiger charge is 2.26. The van der Waals surface area contributed by atoms with Crippen LogP contribution in [0.25, 0.3) is 11.0 Å². The van der Waals surface area contributed by atoms with Gasteiger partial charge < -0.3 is 30.6 Å². The van der Waals surface area contributed by atoms with Gasteiger partial charge in [-0.2, -0.15) is 0 Å². The van der Waals surface area contributed by atoms with Crippen LogP contribution in [0, 0.1) is 13.8 Å². The number of pyridine rings is 1. The molecule has 2 aromatic heterocycles. The maximum atomic E-state index is 13.5. The summed E-state index contributed by atoms with van der Waals surface area (Å²) in [4.78, 5) is 31.2. The molecule has 4 aromatic rings. The van der Waals surface area contributed by atoms with Crippen molar-refractivity contribution < 1.29 is 19.4 Å². The van der Waals surface area contributed by atoms with E-state index in [9.17, 15) is 19.8 Å². The highest BCUT2D eigenvalue weighted by atomic mass is 35.5. The SMILES string of the molecule is Cc1cc(C(C)Nc2ccc(Cl)nc2C(=O)O)c2oc(N3Cc4ccc(C(N)O)cc4C3)c(C)c(=O)c2c1. The molecule has 0 aliphatic carbocycles. The van der Waals surface area contributed by atoms with Crippen LogP contribution in [0.4, 0.5) is 11.6 Å². The summed E-state index contributed by atoms with van der Waals surface area (Å²) in [6.45, 7) is 6.54. The highest BCUT2D eigenvalue weighted by Crippen LogP contribution is 2.35. The third-order valence-electron chi connectivity index (χ3n) is 6.85. The largest absolute Gasteiger partial charge is 0.476 e. The van der Waals surface area contributed by atoms with Gasteiger partial charge in [-0.1, -0.05) is 29.8 Å². The maximum absolute atomic E-state index is 13.5. The monoisotopic (exact) mass is 534 g/mol. The molecule has 5 rings (SSSR count). The molecule has 2 aromatic carbocycles. The number of nitrogens with zero attached hydrogens (tertiary/aromatic N) is 2. The molecule has 196 valence electrons. The highest BCUT2D eigenvalue weighted by molar-refractivity contribution is 6.29. The Morgan fingerprint density at radius 3 is 2.61 bits per heavy atom. The summed E-state index contributed by atoms with van der Waals surface area (Å²) in [5.74, 6) is -0.745. The van der Waals surface area contributed by atoms with Gasteiger partial charge in [0.1, 0.15) is 17.0 Å². The van der Waals surface area contributed by atoms with Gasteiger partial charge in [0, 0.05) is 18.7 Å². The Hall–Kier alpha value is -3.92. The number of aromatic carboxylic acids is 1. The fourth-order valence-electron chi connectivity index (χ4n) is 4.95. The number of hydrogen-bond donors (Lipinski definition) is 4. The number of aromatic nitrogens is 1. The molecule has 1 aliphatic rings. The zero-order valence-corrected chi connectivity index (χ0v) is 21.8. The van der Waals surface area contributed by atoms with E-state index in [-0.39, 0.29) is 16.3 Å². The topological polar surface area (TPSA) is 142 Å². The molecule has 0 saturated carbocycles. The summed E-state index contributed by atoms with van der Waals surface area (Å²) >= 11 is 5.91. The molecular weight excluding hydrogens is 508 g/mol. The molecule has 9 nitrogen and oxygen atoms in total. The molecule has 38 heavy (non-hydrogen) atoms. The van der Waals surface area contributed by atoms with Crippen molar-refractivity contribution >= 4 is 40.1 Å². The summed E-state index contributed by atoms with van der Waals surface area (Å²) < 4.78 is 6.47. The molecule has 0 amide bonds. The molecule has 0 spiro atoms. The second-order valence-electron chi connectivity index (χ2n) is 9.62. The van der Waals surface area contributed by atoms with E-state index in [1.165, 1.54) is 6.07 Å². The normalized spacial score (nSPS) is 14.4. The van der Waals surface area contributed by atoms with E-state index in [4.69, 9.17) is 21.8 Å². The van der Waals surface area contributed by atoms with E-state index in [0.717, 1.165) is 16.7 Å². The van der Waals surface area contributed by atoms with Crippen LogP contribution in [0.2, 0.25) is 5.15 Å². The Bertz CT molecular complexity index is 1650. The molecular formula is C28H27ClN4O5. The first-order chi connectivity index (χ1) is 18.0. The molecule has 0 bridgehead atoms. The molecule has 0 fully saturated rings. The number of aryl methyl sites for hydroxylation is 1. The van der Waals surface area contributed by atoms with Gasteiger partial charge in [-0.25, -0.2) is 9.78 Å². The number of carboxylic acid groups (broad SMARTS) is 1. The molecule has 0 saturated heterocycles. The van der Waals surface area contributed by atoms with Crippen LogP contribution in [-0.4, -0.2) is 21.2 Å². The second kappa shape index (κ2) is 9.75. The predicted molar refractivity (Wildman–Crippen MR) is 146 cm³/mol. The molecule has 2 atom stereocenters. The molecule has 3 heterocycles. The summed E-state index contributed by atoms with van der Waals surface area (Å²) in [6, 6.07) is 12.0. The van der Waals surface area contributed by atoms with Gasteiger partial charge in [-0.15, -0.1) is 0 Å². The molecule has 10 heteroatoms. The standard InChI is InChI=1S/C28H27ClN4O5/c1-13-8-19(15(3)31-21-6-7-22(29)32-23(21)28(36)37)25-20(9-13)24(34)14(2)27(38-25)33-11-17-5-4-16(26(30)35)10-18(17)12-33/h4-10,15,26,31,35H,11-12,30H2,1-3H3,(H,36,37). The predicted octanol–water partition coefficient (Wildman–Crippen LogP) is 4.80. The first kappa shape index (κ1) is 25.7. The fourth-order valence-corrected chi connectivity index (χ4v) is 5.09. The van der Waals surface area contributed by atoms with Crippen molar-refractivity contribution in [2.24, 2.45) is 5.73 Å². The Morgan fingerprint density at radius 2 is 1.89 bits per heavy atom. The van der Waals surface area contributed by atoms with Crippen molar-refractivity contribution in [2.75, 3.05) is 10.2 Å². The minimum Gasteiger partial charge on any atom is -0.476 e. The lowest BCUT2D eigenvalue weighted by Crippen LogP contribution is -2.20. The Balaban J connectivity index is 1.57. The molecule has 0 radical (unpaired) electrons. The van der Waals surface area contributed by atoms with E-state index >= 15 is 0 Å². The average molecular weight is 535 g/mol. The summed E-state index contributed by atoms with van der Waals surface area (Å²) in [7, 11) is 0. The summed E-state index contributed by atoms with van der Waals surface area (Å²) in [5, 5.41) is 23.1. The van der Waals surface area contributed by atoms with Crippen molar-refractivity contribution in [1.82, 2.24) is 4.98 Å². The zero-order chi connectivity index (χ0) is 27.3. The number of halogens is 1. The quantitative estimate of drug-likeness (QED) is 0.202. The Morgan fingerprint density at radius 1 is 1.16 bits per heavy atom. The second-order valence-corrected chi connectivity index (χ2v) is 10.0. The number of aliphatic hydroxyl groups excluding tert-OH is 1. The first-order valence-corrected chi connectivity index (χ1v) is 12.5. The number of rotatable bonds is 6. The van der Waals surface area contributed by atoms with Crippen molar-refractivity contribution in [3.8, 4) is 0 Å². The number of hydrogen-bond acceptors (Lipinski definition) is 8.